The summed E-state index contributed by atoms with van der Waals surface area (Å²) in [6, 6.07) is 8.71. The third kappa shape index (κ3) is 4.74. The summed E-state index contributed by atoms with van der Waals surface area (Å²) in [5.41, 5.74) is 0.610. The number of rotatable bonds is 6. The van der Waals surface area contributed by atoms with Gasteiger partial charge < -0.3 is 19.9 Å². The van der Waals surface area contributed by atoms with Crippen molar-refractivity contribution in [1.82, 2.24) is 19.8 Å². The molecular weight excluding hydrogens is 344 g/mol. The van der Waals surface area contributed by atoms with Crippen LogP contribution in [-0.4, -0.2) is 56.6 Å². The molecular formula is C20H26N4O3. The van der Waals surface area contributed by atoms with E-state index in [9.17, 15) is 14.7 Å². The van der Waals surface area contributed by atoms with Crippen LogP contribution in [0, 0.1) is 0 Å². The number of nitrogens with zero attached hydrogens (tertiary/aromatic N) is 3. The van der Waals surface area contributed by atoms with Gasteiger partial charge in [0, 0.05) is 50.4 Å². The van der Waals surface area contributed by atoms with Crippen LogP contribution in [0.3, 0.4) is 0 Å². The summed E-state index contributed by atoms with van der Waals surface area (Å²) in [5.74, 6) is 0.764. The Balaban J connectivity index is 1.48. The maximum absolute atomic E-state index is 12.5. The molecule has 3 rings (SSSR count). The van der Waals surface area contributed by atoms with Crippen molar-refractivity contribution in [3.63, 3.8) is 0 Å². The second-order valence-corrected chi connectivity index (χ2v) is 6.79. The summed E-state index contributed by atoms with van der Waals surface area (Å²) in [5, 5.41) is 13.3. The molecule has 2 heterocycles. The van der Waals surface area contributed by atoms with Crippen molar-refractivity contribution in [2.45, 2.75) is 44.9 Å². The molecule has 1 aliphatic rings. The van der Waals surface area contributed by atoms with Gasteiger partial charge in [-0.05, 0) is 18.6 Å². The van der Waals surface area contributed by atoms with Crippen molar-refractivity contribution in [3.05, 3.63) is 54.1 Å². The van der Waals surface area contributed by atoms with Crippen LogP contribution in [0.4, 0.5) is 0 Å². The van der Waals surface area contributed by atoms with Gasteiger partial charge in [-0.1, -0.05) is 25.1 Å². The molecule has 0 unspecified atom stereocenters. The molecule has 1 aromatic heterocycles. The number of likely N-dealkylation sites (tertiary alicyclic amines) is 1. The fourth-order valence-electron chi connectivity index (χ4n) is 3.41. The minimum absolute atomic E-state index is 0.0911. The lowest BCUT2D eigenvalue weighted by atomic mass is 10.0. The van der Waals surface area contributed by atoms with Crippen molar-refractivity contribution in [1.29, 1.82) is 0 Å². The van der Waals surface area contributed by atoms with Gasteiger partial charge in [-0.3, -0.25) is 9.59 Å². The highest BCUT2D eigenvalue weighted by Crippen LogP contribution is 2.15. The summed E-state index contributed by atoms with van der Waals surface area (Å²) in [7, 11) is 0. The summed E-state index contributed by atoms with van der Waals surface area (Å²) in [4.78, 5) is 30.6. The number of aromatic nitrogens is 2. The predicted octanol–water partition coefficient (Wildman–Crippen LogP) is 1.23. The minimum Gasteiger partial charge on any atom is -0.389 e. The van der Waals surface area contributed by atoms with Gasteiger partial charge in [-0.15, -0.1) is 0 Å². The van der Waals surface area contributed by atoms with Crippen LogP contribution in [-0.2, 0) is 17.8 Å². The molecule has 1 aromatic carbocycles. The van der Waals surface area contributed by atoms with E-state index in [2.05, 4.69) is 10.3 Å². The average Bonchev–Trinajstić information content (AvgIpc) is 3.15. The Morgan fingerprint density at radius 2 is 2.07 bits per heavy atom. The Kier molecular flexibility index (Phi) is 6.24. The number of aliphatic hydroxyl groups is 1. The molecule has 2 amide bonds. The summed E-state index contributed by atoms with van der Waals surface area (Å²) in [6.07, 6.45) is 4.53. The Bertz CT molecular complexity index is 775. The number of carbonyl (C=O) groups is 2. The van der Waals surface area contributed by atoms with Gasteiger partial charge in [0.25, 0.3) is 5.91 Å². The molecule has 1 aliphatic heterocycles. The molecule has 0 saturated carbocycles. The first-order valence-corrected chi connectivity index (χ1v) is 9.40. The lowest BCUT2D eigenvalue weighted by Crippen LogP contribution is -2.55. The molecule has 0 radical (unpaired) electrons. The molecule has 7 heteroatoms. The van der Waals surface area contributed by atoms with Gasteiger partial charge in [-0.2, -0.15) is 0 Å². The highest BCUT2D eigenvalue weighted by Gasteiger charge is 2.31. The van der Waals surface area contributed by atoms with Crippen LogP contribution in [0.5, 0.6) is 0 Å². The fourth-order valence-corrected chi connectivity index (χ4v) is 3.41. The number of aryl methyl sites for hydroxylation is 2. The second kappa shape index (κ2) is 8.81. The molecule has 2 N–H and O–H groups in total. The quantitative estimate of drug-likeness (QED) is 0.801. The number of hydrogen-bond acceptors (Lipinski definition) is 4. The van der Waals surface area contributed by atoms with Crippen LogP contribution >= 0.6 is 0 Å². The van der Waals surface area contributed by atoms with E-state index in [1.54, 1.807) is 23.2 Å². The molecule has 1 saturated heterocycles. The molecule has 0 bridgehead atoms. The number of aliphatic hydroxyl groups excluding tert-OH is 1. The van der Waals surface area contributed by atoms with Crippen LogP contribution in [0.2, 0.25) is 0 Å². The van der Waals surface area contributed by atoms with E-state index in [4.69, 9.17) is 0 Å². The number of piperidine rings is 1. The highest BCUT2D eigenvalue weighted by atomic mass is 16.3. The average molecular weight is 370 g/mol. The van der Waals surface area contributed by atoms with Gasteiger partial charge in [0.15, 0.2) is 0 Å². The first-order valence-electron chi connectivity index (χ1n) is 9.40. The van der Waals surface area contributed by atoms with Crippen molar-refractivity contribution in [2.24, 2.45) is 0 Å². The minimum atomic E-state index is -0.769. The number of nitrogens with one attached hydrogen (secondary N) is 1. The van der Waals surface area contributed by atoms with Crippen LogP contribution in [0.25, 0.3) is 0 Å². The van der Waals surface area contributed by atoms with E-state index in [1.165, 1.54) is 0 Å². The zero-order chi connectivity index (χ0) is 19.2. The third-order valence-electron chi connectivity index (χ3n) is 4.93. The standard InChI is InChI=1S/C20H26N4O3/c1-2-18-21-10-13-23(18)12-9-19(26)22-16-8-11-24(14-17(16)25)20(27)15-6-4-3-5-7-15/h3-7,10,13,16-17,25H,2,8-9,11-12,14H2,1H3,(H,22,26)/t16-,17-/m1/s1. The Morgan fingerprint density at radius 3 is 2.78 bits per heavy atom. The first kappa shape index (κ1) is 19.1. The van der Waals surface area contributed by atoms with Crippen LogP contribution in [0.1, 0.15) is 35.9 Å². The van der Waals surface area contributed by atoms with E-state index < -0.39 is 6.10 Å². The van der Waals surface area contributed by atoms with E-state index in [-0.39, 0.29) is 24.4 Å². The Hall–Kier alpha value is -2.67. The van der Waals surface area contributed by atoms with Gasteiger partial charge >= 0.3 is 0 Å². The van der Waals surface area contributed by atoms with Crippen molar-refractivity contribution >= 4 is 11.8 Å². The van der Waals surface area contributed by atoms with Crippen LogP contribution in [0.15, 0.2) is 42.7 Å². The summed E-state index contributed by atoms with van der Waals surface area (Å²) < 4.78 is 1.97. The molecule has 2 aromatic rings. The predicted molar refractivity (Wildman–Crippen MR) is 101 cm³/mol. The lowest BCUT2D eigenvalue weighted by Gasteiger charge is -2.36. The van der Waals surface area contributed by atoms with E-state index >= 15 is 0 Å². The molecule has 2 atom stereocenters. The van der Waals surface area contributed by atoms with Gasteiger partial charge in [0.05, 0.1) is 12.1 Å². The van der Waals surface area contributed by atoms with Crippen molar-refractivity contribution in [3.8, 4) is 0 Å². The normalized spacial score (nSPS) is 19.7. The Morgan fingerprint density at radius 1 is 1.30 bits per heavy atom. The number of benzene rings is 1. The smallest absolute Gasteiger partial charge is 0.253 e. The van der Waals surface area contributed by atoms with Crippen LogP contribution < -0.4 is 5.32 Å². The largest absolute Gasteiger partial charge is 0.389 e. The fraction of sp³-hybridized carbons (Fsp3) is 0.450. The van der Waals surface area contributed by atoms with Gasteiger partial charge in [-0.25, -0.2) is 4.98 Å². The molecule has 27 heavy (non-hydrogen) atoms. The monoisotopic (exact) mass is 370 g/mol. The summed E-state index contributed by atoms with van der Waals surface area (Å²) in [6.45, 7) is 3.33. The van der Waals surface area contributed by atoms with E-state index in [0.29, 0.717) is 31.5 Å². The number of β-amino-alcohol motifs (C(OH)–C–C–N with tert-alkyl or cyclic N) is 1. The highest BCUT2D eigenvalue weighted by molar-refractivity contribution is 5.94. The van der Waals surface area contributed by atoms with Crippen molar-refractivity contribution in [2.75, 3.05) is 13.1 Å². The zero-order valence-corrected chi connectivity index (χ0v) is 15.5. The van der Waals surface area contributed by atoms with Crippen molar-refractivity contribution < 1.29 is 14.7 Å². The second-order valence-electron chi connectivity index (χ2n) is 6.79. The molecule has 0 aliphatic carbocycles. The van der Waals surface area contributed by atoms with Gasteiger partial charge in [0.2, 0.25) is 5.91 Å². The molecule has 144 valence electrons. The molecule has 1 fully saturated rings. The van der Waals surface area contributed by atoms with E-state index in [1.807, 2.05) is 35.9 Å². The van der Waals surface area contributed by atoms with E-state index in [0.717, 1.165) is 12.2 Å². The SMILES string of the molecule is CCc1nccn1CCC(=O)N[C@@H]1CCN(C(=O)c2ccccc2)C[C@H]1O. The number of amides is 2. The first-order chi connectivity index (χ1) is 13.1. The molecule has 0 spiro atoms. The number of imidazole rings is 1. The number of hydrogen-bond donors (Lipinski definition) is 2. The maximum Gasteiger partial charge on any atom is 0.253 e. The lowest BCUT2D eigenvalue weighted by molar-refractivity contribution is -0.123. The number of carbonyl (C=O) groups excluding carboxylic acids is 2. The maximum atomic E-state index is 12.5. The topological polar surface area (TPSA) is 87.5 Å². The molecule has 7 nitrogen and oxygen atoms in total. The third-order valence-corrected chi connectivity index (χ3v) is 4.93. The summed E-state index contributed by atoms with van der Waals surface area (Å²) >= 11 is 0. The van der Waals surface area contributed by atoms with Gasteiger partial charge in [0.1, 0.15) is 5.82 Å². The zero-order valence-electron chi connectivity index (χ0n) is 15.5. The Labute approximate surface area is 159 Å².